The number of likely N-dealkylation sites (tertiary alicyclic amines) is 1. The molecule has 0 amide bonds. The van der Waals surface area contributed by atoms with Gasteiger partial charge in [-0.1, -0.05) is 30.3 Å². The second kappa shape index (κ2) is 8.57. The molecule has 0 bridgehead atoms. The van der Waals surface area contributed by atoms with E-state index in [9.17, 15) is 23.1 Å². The van der Waals surface area contributed by atoms with Crippen molar-refractivity contribution in [1.82, 2.24) is 4.90 Å². The number of nitrogens with zero attached hydrogens (tertiary/aromatic N) is 1. The van der Waals surface area contributed by atoms with Crippen molar-refractivity contribution in [3.05, 3.63) is 65.2 Å². The van der Waals surface area contributed by atoms with Crippen LogP contribution in [-0.4, -0.2) is 35.3 Å². The van der Waals surface area contributed by atoms with Crippen LogP contribution in [0.5, 0.6) is 0 Å². The van der Waals surface area contributed by atoms with Gasteiger partial charge >= 0.3 is 12.1 Å². The number of piperidine rings is 1. The van der Waals surface area contributed by atoms with E-state index in [-0.39, 0.29) is 12.1 Å². The number of alkyl halides is 3. The third-order valence-corrected chi connectivity index (χ3v) is 5.90. The van der Waals surface area contributed by atoms with Gasteiger partial charge < -0.3 is 5.11 Å². The first-order valence-electron chi connectivity index (χ1n) is 9.08. The van der Waals surface area contributed by atoms with Gasteiger partial charge in [0.05, 0.1) is 17.5 Å². The molecule has 0 aromatic heterocycles. The summed E-state index contributed by atoms with van der Waals surface area (Å²) < 4.78 is 41.1. The van der Waals surface area contributed by atoms with Crippen LogP contribution in [0.3, 0.4) is 0 Å². The SMILES string of the molecule is CSc1ccc(C(c2ccccc2C(F)(F)F)N2CCCC(C(=O)O)C2)cc1. The van der Waals surface area contributed by atoms with Gasteiger partial charge in [-0.15, -0.1) is 11.8 Å². The number of hydrogen-bond acceptors (Lipinski definition) is 3. The zero-order chi connectivity index (χ0) is 20.3. The molecular formula is C21H22F3NO2S. The van der Waals surface area contributed by atoms with Gasteiger partial charge in [-0.3, -0.25) is 9.69 Å². The van der Waals surface area contributed by atoms with E-state index in [0.717, 1.165) is 16.5 Å². The maximum Gasteiger partial charge on any atom is 0.416 e. The lowest BCUT2D eigenvalue weighted by atomic mass is 9.89. The maximum absolute atomic E-state index is 13.7. The molecule has 150 valence electrons. The molecule has 2 unspecified atom stereocenters. The Morgan fingerprint density at radius 1 is 1.18 bits per heavy atom. The Bertz CT molecular complexity index is 823. The Balaban J connectivity index is 2.08. The quantitative estimate of drug-likeness (QED) is 0.679. The van der Waals surface area contributed by atoms with Crippen molar-refractivity contribution in [1.29, 1.82) is 0 Å². The average Bonchev–Trinajstić information content (AvgIpc) is 2.68. The zero-order valence-corrected chi connectivity index (χ0v) is 16.3. The molecule has 0 aliphatic carbocycles. The molecule has 3 rings (SSSR count). The van der Waals surface area contributed by atoms with Crippen molar-refractivity contribution >= 4 is 17.7 Å². The molecular weight excluding hydrogens is 387 g/mol. The highest BCUT2D eigenvalue weighted by molar-refractivity contribution is 7.98. The lowest BCUT2D eigenvalue weighted by molar-refractivity contribution is -0.144. The number of benzene rings is 2. The molecule has 2 aromatic rings. The normalized spacial score (nSPS) is 19.4. The highest BCUT2D eigenvalue weighted by atomic mass is 32.2. The van der Waals surface area contributed by atoms with Crippen LogP contribution in [0.25, 0.3) is 0 Å². The minimum Gasteiger partial charge on any atom is -0.481 e. The van der Waals surface area contributed by atoms with E-state index in [4.69, 9.17) is 0 Å². The molecule has 28 heavy (non-hydrogen) atoms. The number of aliphatic carboxylic acids is 1. The van der Waals surface area contributed by atoms with E-state index in [1.54, 1.807) is 17.8 Å². The molecule has 1 fully saturated rings. The van der Waals surface area contributed by atoms with Crippen LogP contribution < -0.4 is 0 Å². The highest BCUT2D eigenvalue weighted by Crippen LogP contribution is 2.40. The van der Waals surface area contributed by atoms with Gasteiger partial charge in [0.1, 0.15) is 0 Å². The first-order valence-corrected chi connectivity index (χ1v) is 10.3. The average molecular weight is 409 g/mol. The zero-order valence-electron chi connectivity index (χ0n) is 15.4. The number of carbonyl (C=O) groups is 1. The minimum atomic E-state index is -4.48. The maximum atomic E-state index is 13.7. The monoisotopic (exact) mass is 409 g/mol. The fourth-order valence-corrected chi connectivity index (χ4v) is 4.22. The van der Waals surface area contributed by atoms with Crippen LogP contribution in [0.1, 0.15) is 35.6 Å². The number of carboxylic acids is 1. The van der Waals surface area contributed by atoms with Crippen LogP contribution in [0, 0.1) is 5.92 Å². The Labute approximate surface area is 166 Å². The Morgan fingerprint density at radius 2 is 1.86 bits per heavy atom. The first kappa shape index (κ1) is 20.7. The third kappa shape index (κ3) is 4.52. The van der Waals surface area contributed by atoms with Crippen LogP contribution in [0.2, 0.25) is 0 Å². The molecule has 7 heteroatoms. The standard InChI is InChI=1S/C21H22F3NO2S/c1-28-16-10-8-14(9-11-16)19(25-12-4-5-15(13-25)20(26)27)17-6-2-3-7-18(17)21(22,23)24/h2-3,6-11,15,19H,4-5,12-13H2,1H3,(H,26,27). The predicted octanol–water partition coefficient (Wildman–Crippen LogP) is 5.31. The second-order valence-corrected chi connectivity index (χ2v) is 7.81. The Hall–Kier alpha value is -1.99. The largest absolute Gasteiger partial charge is 0.481 e. The van der Waals surface area contributed by atoms with E-state index in [1.807, 2.05) is 35.4 Å². The third-order valence-electron chi connectivity index (χ3n) is 5.16. The number of rotatable bonds is 5. The molecule has 1 saturated heterocycles. The van der Waals surface area contributed by atoms with Crippen LogP contribution in [0.15, 0.2) is 53.4 Å². The smallest absolute Gasteiger partial charge is 0.416 e. The summed E-state index contributed by atoms with van der Waals surface area (Å²) in [6, 6.07) is 12.4. The number of thioether (sulfide) groups is 1. The van der Waals surface area contributed by atoms with E-state index >= 15 is 0 Å². The molecule has 0 radical (unpaired) electrons. The topological polar surface area (TPSA) is 40.5 Å². The summed E-state index contributed by atoms with van der Waals surface area (Å²) in [6.07, 6.45) is -1.35. The molecule has 2 atom stereocenters. The van der Waals surface area contributed by atoms with Crippen molar-refractivity contribution in [2.75, 3.05) is 19.3 Å². The summed E-state index contributed by atoms with van der Waals surface area (Å²) in [5.74, 6) is -1.47. The summed E-state index contributed by atoms with van der Waals surface area (Å²) in [4.78, 5) is 14.4. The molecule has 0 saturated carbocycles. The molecule has 1 aliphatic rings. The predicted molar refractivity (Wildman–Crippen MR) is 103 cm³/mol. The van der Waals surface area contributed by atoms with Crippen LogP contribution >= 0.6 is 11.8 Å². The van der Waals surface area contributed by atoms with Crippen molar-refractivity contribution in [2.45, 2.75) is 30.0 Å². The summed E-state index contributed by atoms with van der Waals surface area (Å²) in [6.45, 7) is 0.793. The van der Waals surface area contributed by atoms with Crippen molar-refractivity contribution < 1.29 is 23.1 Å². The van der Waals surface area contributed by atoms with Crippen LogP contribution in [0.4, 0.5) is 13.2 Å². The lowest BCUT2D eigenvalue weighted by Gasteiger charge is -2.38. The van der Waals surface area contributed by atoms with Gasteiger partial charge in [0.15, 0.2) is 0 Å². The fraction of sp³-hybridized carbons (Fsp3) is 0.381. The number of carboxylic acid groups (broad SMARTS) is 1. The molecule has 1 aliphatic heterocycles. The summed E-state index contributed by atoms with van der Waals surface area (Å²) >= 11 is 1.56. The Morgan fingerprint density at radius 3 is 2.46 bits per heavy atom. The minimum absolute atomic E-state index is 0.165. The van der Waals surface area contributed by atoms with Gasteiger partial charge in [0, 0.05) is 11.4 Å². The van der Waals surface area contributed by atoms with Crippen molar-refractivity contribution in [2.24, 2.45) is 5.92 Å². The van der Waals surface area contributed by atoms with Crippen molar-refractivity contribution in [3.8, 4) is 0 Å². The van der Waals surface area contributed by atoms with Gasteiger partial charge in [-0.05, 0) is 55.0 Å². The van der Waals surface area contributed by atoms with Crippen LogP contribution in [-0.2, 0) is 11.0 Å². The first-order chi connectivity index (χ1) is 13.3. The molecule has 2 aromatic carbocycles. The summed E-state index contributed by atoms with van der Waals surface area (Å²) in [7, 11) is 0. The second-order valence-electron chi connectivity index (χ2n) is 6.93. The highest BCUT2D eigenvalue weighted by Gasteiger charge is 2.38. The molecule has 3 nitrogen and oxygen atoms in total. The summed E-state index contributed by atoms with van der Waals surface area (Å²) in [5.41, 5.74) is 0.227. The van der Waals surface area contributed by atoms with E-state index in [0.29, 0.717) is 19.4 Å². The van der Waals surface area contributed by atoms with Gasteiger partial charge in [0.25, 0.3) is 0 Å². The van der Waals surface area contributed by atoms with Gasteiger partial charge in [0.2, 0.25) is 0 Å². The number of hydrogen-bond donors (Lipinski definition) is 1. The van der Waals surface area contributed by atoms with E-state index in [1.165, 1.54) is 12.1 Å². The molecule has 1 N–H and O–H groups in total. The van der Waals surface area contributed by atoms with E-state index < -0.39 is 29.7 Å². The lowest BCUT2D eigenvalue weighted by Crippen LogP contribution is -2.41. The molecule has 1 heterocycles. The van der Waals surface area contributed by atoms with E-state index in [2.05, 4.69) is 0 Å². The molecule has 0 spiro atoms. The van der Waals surface area contributed by atoms with Gasteiger partial charge in [-0.2, -0.15) is 13.2 Å². The summed E-state index contributed by atoms with van der Waals surface area (Å²) in [5, 5.41) is 9.42. The van der Waals surface area contributed by atoms with Gasteiger partial charge in [-0.25, -0.2) is 0 Å². The fourth-order valence-electron chi connectivity index (χ4n) is 3.81. The number of halogens is 3. The Kier molecular flexibility index (Phi) is 6.35. The van der Waals surface area contributed by atoms with Crippen molar-refractivity contribution in [3.63, 3.8) is 0 Å².